The molecule has 0 spiro atoms. The van der Waals surface area contributed by atoms with Gasteiger partial charge in [0.15, 0.2) is 0 Å². The van der Waals surface area contributed by atoms with E-state index in [9.17, 15) is 13.2 Å². The molecular weight excluding hydrogens is 400 g/mol. The second-order valence-electron chi connectivity index (χ2n) is 6.32. The van der Waals surface area contributed by atoms with Crippen LogP contribution in [0.4, 0.5) is 5.69 Å². The van der Waals surface area contributed by atoms with Gasteiger partial charge in [0.2, 0.25) is 15.9 Å². The van der Waals surface area contributed by atoms with E-state index in [-0.39, 0.29) is 15.7 Å². The maximum Gasteiger partial charge on any atom is 0.245 e. The SMILES string of the molecule is CCOc1ccc(Cl)cc1S(=O)(=O)NC(C)C(=O)Nc1c(C)cccc1CC. The number of amides is 1. The molecule has 2 N–H and O–H groups in total. The van der Waals surface area contributed by atoms with Crippen molar-refractivity contribution in [1.82, 2.24) is 4.72 Å². The number of benzene rings is 2. The summed E-state index contributed by atoms with van der Waals surface area (Å²) in [6.07, 6.45) is 0.748. The maximum absolute atomic E-state index is 12.8. The van der Waals surface area contributed by atoms with Gasteiger partial charge in [-0.25, -0.2) is 8.42 Å². The molecule has 2 aromatic carbocycles. The van der Waals surface area contributed by atoms with Gasteiger partial charge in [-0.05, 0) is 56.5 Å². The van der Waals surface area contributed by atoms with Gasteiger partial charge in [-0.15, -0.1) is 0 Å². The highest BCUT2D eigenvalue weighted by Crippen LogP contribution is 2.27. The monoisotopic (exact) mass is 424 g/mol. The van der Waals surface area contributed by atoms with Crippen LogP contribution in [-0.2, 0) is 21.2 Å². The first-order valence-electron chi connectivity index (χ1n) is 9.03. The predicted molar refractivity (Wildman–Crippen MR) is 112 cm³/mol. The summed E-state index contributed by atoms with van der Waals surface area (Å²) in [6, 6.07) is 9.09. The third-order valence-electron chi connectivity index (χ3n) is 4.21. The summed E-state index contributed by atoms with van der Waals surface area (Å²) in [5, 5.41) is 3.09. The van der Waals surface area contributed by atoms with Crippen molar-refractivity contribution in [2.75, 3.05) is 11.9 Å². The molecule has 0 aliphatic carbocycles. The van der Waals surface area contributed by atoms with Gasteiger partial charge in [-0.2, -0.15) is 4.72 Å². The first kappa shape index (κ1) is 22.2. The number of para-hydroxylation sites is 1. The van der Waals surface area contributed by atoms with Crippen molar-refractivity contribution >= 4 is 33.2 Å². The van der Waals surface area contributed by atoms with Crippen LogP contribution in [0.2, 0.25) is 5.02 Å². The van der Waals surface area contributed by atoms with Gasteiger partial charge < -0.3 is 10.1 Å². The Bertz CT molecular complexity index is 961. The van der Waals surface area contributed by atoms with Crippen LogP contribution < -0.4 is 14.8 Å². The lowest BCUT2D eigenvalue weighted by Crippen LogP contribution is -2.41. The third kappa shape index (κ3) is 5.25. The Balaban J connectivity index is 2.23. The zero-order chi connectivity index (χ0) is 20.9. The number of halogens is 1. The molecule has 0 radical (unpaired) electrons. The highest BCUT2D eigenvalue weighted by atomic mass is 35.5. The van der Waals surface area contributed by atoms with E-state index in [1.54, 1.807) is 13.0 Å². The molecule has 0 heterocycles. The first-order valence-corrected chi connectivity index (χ1v) is 10.9. The fourth-order valence-electron chi connectivity index (χ4n) is 2.75. The molecule has 28 heavy (non-hydrogen) atoms. The topological polar surface area (TPSA) is 84.5 Å². The summed E-state index contributed by atoms with van der Waals surface area (Å²) in [5.41, 5.74) is 2.60. The molecule has 0 saturated carbocycles. The predicted octanol–water partition coefficient (Wildman–Crippen LogP) is 3.92. The number of hydrogen-bond acceptors (Lipinski definition) is 4. The van der Waals surface area contributed by atoms with Crippen molar-refractivity contribution < 1.29 is 17.9 Å². The van der Waals surface area contributed by atoms with Gasteiger partial charge >= 0.3 is 0 Å². The minimum atomic E-state index is -4.02. The van der Waals surface area contributed by atoms with Gasteiger partial charge in [0.05, 0.1) is 12.6 Å². The fraction of sp³-hybridized carbons (Fsp3) is 0.350. The van der Waals surface area contributed by atoms with Gasteiger partial charge in [0.25, 0.3) is 0 Å². The molecule has 0 fully saturated rings. The summed E-state index contributed by atoms with van der Waals surface area (Å²) < 4.78 is 33.4. The molecule has 0 aliphatic heterocycles. The van der Waals surface area contributed by atoms with E-state index in [4.69, 9.17) is 16.3 Å². The Morgan fingerprint density at radius 2 is 1.93 bits per heavy atom. The molecule has 0 bridgehead atoms. The van der Waals surface area contributed by atoms with Crippen LogP contribution >= 0.6 is 11.6 Å². The molecule has 1 unspecified atom stereocenters. The minimum absolute atomic E-state index is 0.105. The Morgan fingerprint density at radius 1 is 1.21 bits per heavy atom. The van der Waals surface area contributed by atoms with Crippen molar-refractivity contribution in [3.8, 4) is 5.75 Å². The van der Waals surface area contributed by atoms with Gasteiger partial charge in [-0.3, -0.25) is 4.79 Å². The van der Waals surface area contributed by atoms with Crippen LogP contribution in [0.15, 0.2) is 41.3 Å². The second kappa shape index (κ2) is 9.41. The van der Waals surface area contributed by atoms with E-state index in [1.807, 2.05) is 32.0 Å². The van der Waals surface area contributed by atoms with E-state index in [2.05, 4.69) is 10.0 Å². The van der Waals surface area contributed by atoms with Crippen LogP contribution in [0.1, 0.15) is 31.9 Å². The molecule has 1 amide bonds. The van der Waals surface area contributed by atoms with Crippen molar-refractivity contribution in [3.63, 3.8) is 0 Å². The number of rotatable bonds is 8. The quantitative estimate of drug-likeness (QED) is 0.672. The summed E-state index contributed by atoms with van der Waals surface area (Å²) in [6.45, 7) is 7.42. The van der Waals surface area contributed by atoms with E-state index in [1.165, 1.54) is 19.1 Å². The van der Waals surface area contributed by atoms with Crippen LogP contribution in [0, 0.1) is 6.92 Å². The minimum Gasteiger partial charge on any atom is -0.492 e. The van der Waals surface area contributed by atoms with E-state index in [0.717, 1.165) is 17.5 Å². The lowest BCUT2D eigenvalue weighted by Gasteiger charge is -2.18. The molecule has 2 rings (SSSR count). The second-order valence-corrected chi connectivity index (χ2v) is 8.44. The molecule has 0 saturated heterocycles. The number of aryl methyl sites for hydroxylation is 2. The standard InChI is InChI=1S/C20H25ClN2O4S/c1-5-15-9-7-8-13(3)19(15)22-20(24)14(4)23-28(25,26)18-12-16(21)10-11-17(18)27-6-2/h7-12,14,23H,5-6H2,1-4H3,(H,22,24). The van der Waals surface area contributed by atoms with Crippen LogP contribution in [0.25, 0.3) is 0 Å². The van der Waals surface area contributed by atoms with Crippen molar-refractivity contribution in [3.05, 3.63) is 52.5 Å². The Labute approximate surface area is 171 Å². The smallest absolute Gasteiger partial charge is 0.245 e. The summed E-state index contributed by atoms with van der Waals surface area (Å²) in [5.74, 6) is -0.272. The molecule has 152 valence electrons. The zero-order valence-electron chi connectivity index (χ0n) is 16.4. The molecule has 2 aromatic rings. The number of sulfonamides is 1. The molecule has 8 heteroatoms. The normalized spacial score (nSPS) is 12.5. The number of hydrogen-bond donors (Lipinski definition) is 2. The van der Waals surface area contributed by atoms with Gasteiger partial charge in [0, 0.05) is 10.7 Å². The Kier molecular flexibility index (Phi) is 7.46. The third-order valence-corrected chi connectivity index (χ3v) is 6.01. The Morgan fingerprint density at radius 3 is 2.57 bits per heavy atom. The van der Waals surface area contributed by atoms with Crippen molar-refractivity contribution in [2.45, 2.75) is 45.1 Å². The van der Waals surface area contributed by atoms with Crippen molar-refractivity contribution in [1.29, 1.82) is 0 Å². The highest BCUT2D eigenvalue weighted by Gasteiger charge is 2.26. The number of nitrogens with one attached hydrogen (secondary N) is 2. The average molecular weight is 425 g/mol. The molecule has 1 atom stereocenters. The molecular formula is C20H25ClN2O4S. The van der Waals surface area contributed by atoms with E-state index < -0.39 is 22.0 Å². The number of carbonyl (C=O) groups excluding carboxylic acids is 1. The molecule has 0 aliphatic rings. The number of carbonyl (C=O) groups is 1. The lowest BCUT2D eigenvalue weighted by atomic mass is 10.1. The zero-order valence-corrected chi connectivity index (χ0v) is 17.9. The van der Waals surface area contributed by atoms with Crippen LogP contribution in [0.3, 0.4) is 0 Å². The number of anilines is 1. The van der Waals surface area contributed by atoms with Crippen LogP contribution in [0.5, 0.6) is 5.75 Å². The van der Waals surface area contributed by atoms with Gasteiger partial charge in [0.1, 0.15) is 10.6 Å². The summed E-state index contributed by atoms with van der Waals surface area (Å²) in [4.78, 5) is 12.5. The summed E-state index contributed by atoms with van der Waals surface area (Å²) >= 11 is 5.95. The summed E-state index contributed by atoms with van der Waals surface area (Å²) in [7, 11) is -4.02. The lowest BCUT2D eigenvalue weighted by molar-refractivity contribution is -0.117. The number of ether oxygens (including phenoxy) is 1. The van der Waals surface area contributed by atoms with Crippen LogP contribution in [-0.4, -0.2) is 27.0 Å². The Hall–Kier alpha value is -2.09. The fourth-order valence-corrected chi connectivity index (χ4v) is 4.36. The van der Waals surface area contributed by atoms with E-state index in [0.29, 0.717) is 12.3 Å². The first-order chi connectivity index (χ1) is 13.2. The average Bonchev–Trinajstić information content (AvgIpc) is 2.64. The molecule has 6 nitrogen and oxygen atoms in total. The van der Waals surface area contributed by atoms with Gasteiger partial charge in [-0.1, -0.05) is 36.7 Å². The van der Waals surface area contributed by atoms with Crippen molar-refractivity contribution in [2.24, 2.45) is 0 Å². The van der Waals surface area contributed by atoms with E-state index >= 15 is 0 Å². The molecule has 0 aromatic heterocycles. The largest absolute Gasteiger partial charge is 0.492 e. The maximum atomic E-state index is 12.8. The highest BCUT2D eigenvalue weighted by molar-refractivity contribution is 7.89.